The Morgan fingerprint density at radius 3 is 2.53 bits per heavy atom. The summed E-state index contributed by atoms with van der Waals surface area (Å²) in [4.78, 5) is 10.6. The highest BCUT2D eigenvalue weighted by Gasteiger charge is 2.28. The molecule has 0 fully saturated rings. The number of carboxylic acids is 1. The summed E-state index contributed by atoms with van der Waals surface area (Å²) in [6.45, 7) is 6.20. The van der Waals surface area contributed by atoms with E-state index in [1.54, 1.807) is 0 Å². The van der Waals surface area contributed by atoms with E-state index in [9.17, 15) is 4.79 Å². The molecule has 0 spiro atoms. The number of nitrogen functional groups attached to an aromatic ring is 1. The standard InChI is InChI=1S/C10H18N4O2S/c1-4-10(3,5-2)14-8(11)12-13-9(14)17-6-7(15)16/h4-6H2,1-3H3,(H2,11,12)(H,15,16). The molecule has 0 aliphatic heterocycles. The van der Waals surface area contributed by atoms with Gasteiger partial charge >= 0.3 is 5.97 Å². The Morgan fingerprint density at radius 2 is 2.06 bits per heavy atom. The quantitative estimate of drug-likeness (QED) is 0.752. The molecular formula is C10H18N4O2S. The maximum absolute atomic E-state index is 10.6. The summed E-state index contributed by atoms with van der Waals surface area (Å²) in [5, 5.41) is 17.0. The molecule has 6 nitrogen and oxygen atoms in total. The molecule has 17 heavy (non-hydrogen) atoms. The lowest BCUT2D eigenvalue weighted by Gasteiger charge is -2.30. The fourth-order valence-electron chi connectivity index (χ4n) is 1.57. The fraction of sp³-hybridized carbons (Fsp3) is 0.700. The SMILES string of the molecule is CCC(C)(CC)n1c(N)nnc1SCC(=O)O. The lowest BCUT2D eigenvalue weighted by atomic mass is 9.95. The van der Waals surface area contributed by atoms with Gasteiger partial charge in [-0.1, -0.05) is 25.6 Å². The predicted molar refractivity (Wildman–Crippen MR) is 67.0 cm³/mol. The van der Waals surface area contributed by atoms with Gasteiger partial charge in [-0.15, -0.1) is 10.2 Å². The molecule has 0 amide bonds. The van der Waals surface area contributed by atoms with E-state index in [1.165, 1.54) is 0 Å². The Labute approximate surface area is 105 Å². The number of anilines is 1. The maximum atomic E-state index is 10.6. The van der Waals surface area contributed by atoms with Crippen LogP contribution >= 0.6 is 11.8 Å². The largest absolute Gasteiger partial charge is 0.481 e. The van der Waals surface area contributed by atoms with E-state index in [-0.39, 0.29) is 11.3 Å². The third kappa shape index (κ3) is 2.91. The predicted octanol–water partition coefficient (Wildman–Crippen LogP) is 1.57. The van der Waals surface area contributed by atoms with Gasteiger partial charge in [0, 0.05) is 5.54 Å². The normalized spacial score (nSPS) is 11.7. The van der Waals surface area contributed by atoms with Gasteiger partial charge in [0.15, 0.2) is 5.16 Å². The number of nitrogens with zero attached hydrogens (tertiary/aromatic N) is 3. The first-order chi connectivity index (χ1) is 7.94. The van der Waals surface area contributed by atoms with Crippen LogP contribution in [0, 0.1) is 0 Å². The van der Waals surface area contributed by atoms with Crippen LogP contribution in [0.3, 0.4) is 0 Å². The molecule has 0 saturated carbocycles. The number of aliphatic carboxylic acids is 1. The Morgan fingerprint density at radius 1 is 1.47 bits per heavy atom. The number of carboxylic acid groups (broad SMARTS) is 1. The Kier molecular flexibility index (Phi) is 4.39. The van der Waals surface area contributed by atoms with Crippen molar-refractivity contribution in [2.45, 2.75) is 44.3 Å². The van der Waals surface area contributed by atoms with Gasteiger partial charge in [-0.25, -0.2) is 0 Å². The van der Waals surface area contributed by atoms with E-state index < -0.39 is 5.97 Å². The molecule has 7 heteroatoms. The van der Waals surface area contributed by atoms with E-state index >= 15 is 0 Å². The number of hydrogen-bond donors (Lipinski definition) is 2. The van der Waals surface area contributed by atoms with Crippen molar-refractivity contribution in [2.75, 3.05) is 11.5 Å². The van der Waals surface area contributed by atoms with Crippen LogP contribution < -0.4 is 5.73 Å². The first-order valence-electron chi connectivity index (χ1n) is 5.50. The molecule has 0 radical (unpaired) electrons. The molecule has 1 heterocycles. The Bertz CT molecular complexity index is 401. The molecule has 1 aromatic rings. The molecule has 1 rings (SSSR count). The summed E-state index contributed by atoms with van der Waals surface area (Å²) >= 11 is 1.14. The number of rotatable bonds is 6. The maximum Gasteiger partial charge on any atom is 0.313 e. The second-order valence-corrected chi connectivity index (χ2v) is 5.01. The molecule has 3 N–H and O–H groups in total. The average molecular weight is 258 g/mol. The molecule has 0 saturated heterocycles. The molecule has 0 unspecified atom stereocenters. The minimum Gasteiger partial charge on any atom is -0.481 e. The number of nitrogens with two attached hydrogens (primary N) is 1. The van der Waals surface area contributed by atoms with Crippen molar-refractivity contribution >= 4 is 23.7 Å². The molecule has 0 bridgehead atoms. The summed E-state index contributed by atoms with van der Waals surface area (Å²) < 4.78 is 1.83. The number of thioether (sulfide) groups is 1. The fourth-order valence-corrected chi connectivity index (χ4v) is 2.37. The van der Waals surface area contributed by atoms with Crippen LogP contribution in [-0.4, -0.2) is 31.6 Å². The van der Waals surface area contributed by atoms with Crippen molar-refractivity contribution in [1.82, 2.24) is 14.8 Å². The highest BCUT2D eigenvalue weighted by molar-refractivity contribution is 7.99. The van der Waals surface area contributed by atoms with Crippen molar-refractivity contribution < 1.29 is 9.90 Å². The molecule has 0 aromatic carbocycles. The van der Waals surface area contributed by atoms with E-state index in [0.29, 0.717) is 11.1 Å². The molecular weight excluding hydrogens is 240 g/mol. The Hall–Kier alpha value is -1.24. The lowest BCUT2D eigenvalue weighted by Crippen LogP contribution is -2.30. The first kappa shape index (κ1) is 13.8. The van der Waals surface area contributed by atoms with Gasteiger partial charge in [-0.05, 0) is 19.8 Å². The van der Waals surface area contributed by atoms with Gasteiger partial charge in [0.1, 0.15) is 0 Å². The van der Waals surface area contributed by atoms with Crippen molar-refractivity contribution in [3.8, 4) is 0 Å². The van der Waals surface area contributed by atoms with Crippen LogP contribution in [0.15, 0.2) is 5.16 Å². The molecule has 0 atom stereocenters. The summed E-state index contributed by atoms with van der Waals surface area (Å²) in [7, 11) is 0. The smallest absolute Gasteiger partial charge is 0.313 e. The summed E-state index contributed by atoms with van der Waals surface area (Å²) in [6, 6.07) is 0. The highest BCUT2D eigenvalue weighted by Crippen LogP contribution is 2.31. The van der Waals surface area contributed by atoms with Crippen LogP contribution in [0.25, 0.3) is 0 Å². The lowest BCUT2D eigenvalue weighted by molar-refractivity contribution is -0.133. The van der Waals surface area contributed by atoms with Gasteiger partial charge in [0.25, 0.3) is 0 Å². The van der Waals surface area contributed by atoms with Gasteiger partial charge in [-0.3, -0.25) is 9.36 Å². The second kappa shape index (κ2) is 5.39. The summed E-state index contributed by atoms with van der Waals surface area (Å²) in [5.41, 5.74) is 5.64. The zero-order valence-corrected chi connectivity index (χ0v) is 11.1. The third-order valence-corrected chi connectivity index (χ3v) is 3.96. The van der Waals surface area contributed by atoms with Crippen LogP contribution in [0.5, 0.6) is 0 Å². The van der Waals surface area contributed by atoms with Crippen molar-refractivity contribution in [3.05, 3.63) is 0 Å². The van der Waals surface area contributed by atoms with Gasteiger partial charge < -0.3 is 10.8 Å². The Balaban J connectivity index is 3.05. The highest BCUT2D eigenvalue weighted by atomic mass is 32.2. The van der Waals surface area contributed by atoms with Crippen molar-refractivity contribution in [1.29, 1.82) is 0 Å². The topological polar surface area (TPSA) is 94.0 Å². The van der Waals surface area contributed by atoms with E-state index in [2.05, 4.69) is 31.0 Å². The number of hydrogen-bond acceptors (Lipinski definition) is 5. The van der Waals surface area contributed by atoms with E-state index in [0.717, 1.165) is 24.6 Å². The molecule has 0 aliphatic carbocycles. The monoisotopic (exact) mass is 258 g/mol. The number of carbonyl (C=O) groups is 1. The third-order valence-electron chi connectivity index (χ3n) is 3.05. The van der Waals surface area contributed by atoms with Crippen LogP contribution in [0.4, 0.5) is 5.95 Å². The van der Waals surface area contributed by atoms with E-state index in [4.69, 9.17) is 10.8 Å². The first-order valence-corrected chi connectivity index (χ1v) is 6.49. The number of aromatic nitrogens is 3. The van der Waals surface area contributed by atoms with Crippen LogP contribution in [0.2, 0.25) is 0 Å². The zero-order chi connectivity index (χ0) is 13.1. The van der Waals surface area contributed by atoms with Gasteiger partial charge in [-0.2, -0.15) is 0 Å². The minimum absolute atomic E-state index is 0.0400. The van der Waals surface area contributed by atoms with Crippen LogP contribution in [-0.2, 0) is 10.3 Å². The second-order valence-electron chi connectivity index (χ2n) is 4.06. The molecule has 96 valence electrons. The minimum atomic E-state index is -0.877. The zero-order valence-electron chi connectivity index (χ0n) is 10.3. The average Bonchev–Trinajstić information content (AvgIpc) is 2.67. The van der Waals surface area contributed by atoms with Gasteiger partial charge in [0.2, 0.25) is 5.95 Å². The van der Waals surface area contributed by atoms with Gasteiger partial charge in [0.05, 0.1) is 5.75 Å². The van der Waals surface area contributed by atoms with Crippen molar-refractivity contribution in [2.24, 2.45) is 0 Å². The van der Waals surface area contributed by atoms with Crippen LogP contribution in [0.1, 0.15) is 33.6 Å². The molecule has 0 aliphatic rings. The van der Waals surface area contributed by atoms with E-state index in [1.807, 2.05) is 4.57 Å². The van der Waals surface area contributed by atoms with Crippen molar-refractivity contribution in [3.63, 3.8) is 0 Å². The summed E-state index contributed by atoms with van der Waals surface area (Å²) in [5.74, 6) is -0.580. The summed E-state index contributed by atoms with van der Waals surface area (Å²) in [6.07, 6.45) is 1.76. The molecule has 1 aromatic heterocycles.